The molecule has 1 fully saturated rings. The zero-order chi connectivity index (χ0) is 19.9. The van der Waals surface area contributed by atoms with Crippen molar-refractivity contribution in [3.05, 3.63) is 29.8 Å². The van der Waals surface area contributed by atoms with Crippen molar-refractivity contribution in [2.24, 2.45) is 4.99 Å². The number of hydrogen-bond donors (Lipinski definition) is 2. The molecular formula is C21H32N4O2S. The lowest BCUT2D eigenvalue weighted by molar-refractivity contribution is -0.117. The normalized spacial score (nSPS) is 23.6. The molecule has 6 nitrogen and oxygen atoms in total. The molecule has 0 spiro atoms. The molecule has 7 heteroatoms. The second-order valence-corrected chi connectivity index (χ2v) is 9.51. The zero-order valence-electron chi connectivity index (χ0n) is 16.9. The summed E-state index contributed by atoms with van der Waals surface area (Å²) in [6, 6.07) is 8.39. The van der Waals surface area contributed by atoms with E-state index in [1.807, 2.05) is 30.0 Å². The van der Waals surface area contributed by atoms with Gasteiger partial charge in [-0.1, -0.05) is 31.5 Å². The number of rotatable bonds is 5. The predicted octanol–water partition coefficient (Wildman–Crippen LogP) is 2.21. The number of anilines is 1. The SMILES string of the molecule is CCS(=O)C1CCCC(NC(=NC)NCC(=O)N2CCCc3ccccc32)C1. The molecule has 0 saturated heterocycles. The Bertz CT molecular complexity index is 737. The summed E-state index contributed by atoms with van der Waals surface area (Å²) in [6.45, 7) is 2.96. The fourth-order valence-corrected chi connectivity index (χ4v) is 5.53. The standard InChI is InChI=1S/C21H32N4O2S/c1-3-28(27)18-11-6-10-17(14-18)24-21(22-2)23-15-20(26)25-13-7-9-16-8-4-5-12-19(16)25/h4-5,8,12,17-18H,3,6-7,9-11,13-15H2,1-2H3,(H2,22,23,24). The van der Waals surface area contributed by atoms with Gasteiger partial charge in [-0.25, -0.2) is 0 Å². The highest BCUT2D eigenvalue weighted by atomic mass is 32.2. The molecule has 1 amide bonds. The van der Waals surface area contributed by atoms with Crippen LogP contribution in [-0.4, -0.2) is 53.3 Å². The van der Waals surface area contributed by atoms with Crippen LogP contribution < -0.4 is 15.5 Å². The van der Waals surface area contributed by atoms with E-state index in [0.717, 1.165) is 56.5 Å². The first-order chi connectivity index (χ1) is 13.6. The fraction of sp³-hybridized carbons (Fsp3) is 0.619. The molecule has 1 aromatic carbocycles. The molecule has 3 rings (SSSR count). The van der Waals surface area contributed by atoms with E-state index in [-0.39, 0.29) is 23.7 Å². The Morgan fingerprint density at radius 2 is 2.11 bits per heavy atom. The third-order valence-corrected chi connectivity index (χ3v) is 7.41. The number of aliphatic imine (C=N–C) groups is 1. The molecule has 28 heavy (non-hydrogen) atoms. The Labute approximate surface area is 170 Å². The van der Waals surface area contributed by atoms with Crippen LogP contribution in [0.2, 0.25) is 0 Å². The molecule has 0 radical (unpaired) electrons. The van der Waals surface area contributed by atoms with Crippen LogP contribution in [0.25, 0.3) is 0 Å². The van der Waals surface area contributed by atoms with Crippen LogP contribution in [0.1, 0.15) is 44.6 Å². The highest BCUT2D eigenvalue weighted by molar-refractivity contribution is 7.85. The summed E-state index contributed by atoms with van der Waals surface area (Å²) in [4.78, 5) is 19.0. The van der Waals surface area contributed by atoms with E-state index in [4.69, 9.17) is 0 Å². The summed E-state index contributed by atoms with van der Waals surface area (Å²) < 4.78 is 12.1. The number of amides is 1. The average molecular weight is 405 g/mol. The maximum Gasteiger partial charge on any atom is 0.246 e. The van der Waals surface area contributed by atoms with E-state index in [0.29, 0.717) is 5.96 Å². The minimum Gasteiger partial charge on any atom is -0.354 e. The summed E-state index contributed by atoms with van der Waals surface area (Å²) >= 11 is 0. The van der Waals surface area contributed by atoms with Crippen molar-refractivity contribution < 1.29 is 9.00 Å². The summed E-state index contributed by atoms with van der Waals surface area (Å²) in [5.74, 6) is 1.42. The first-order valence-electron chi connectivity index (χ1n) is 10.3. The number of benzene rings is 1. The highest BCUT2D eigenvalue weighted by Crippen LogP contribution is 2.26. The summed E-state index contributed by atoms with van der Waals surface area (Å²) in [6.07, 6.45) is 6.08. The monoisotopic (exact) mass is 404 g/mol. The summed E-state index contributed by atoms with van der Waals surface area (Å²) in [5.41, 5.74) is 2.27. The van der Waals surface area contributed by atoms with E-state index in [1.54, 1.807) is 7.05 Å². The van der Waals surface area contributed by atoms with Gasteiger partial charge in [-0.2, -0.15) is 0 Å². The third-order valence-electron chi connectivity index (χ3n) is 5.67. The van der Waals surface area contributed by atoms with Crippen LogP contribution in [0.5, 0.6) is 0 Å². The van der Waals surface area contributed by atoms with Gasteiger partial charge in [0, 0.05) is 47.1 Å². The molecule has 1 saturated carbocycles. The van der Waals surface area contributed by atoms with E-state index in [1.165, 1.54) is 5.56 Å². The van der Waals surface area contributed by atoms with Crippen molar-refractivity contribution >= 4 is 28.4 Å². The molecule has 1 aliphatic carbocycles. The lowest BCUT2D eigenvalue weighted by Crippen LogP contribution is -2.50. The van der Waals surface area contributed by atoms with E-state index < -0.39 is 10.8 Å². The van der Waals surface area contributed by atoms with Crippen LogP contribution in [0.4, 0.5) is 5.69 Å². The number of aryl methyl sites for hydroxylation is 1. The molecular weight excluding hydrogens is 372 g/mol. The van der Waals surface area contributed by atoms with Gasteiger partial charge in [0.25, 0.3) is 0 Å². The Hall–Kier alpha value is -1.89. The highest BCUT2D eigenvalue weighted by Gasteiger charge is 2.26. The summed E-state index contributed by atoms with van der Waals surface area (Å²) in [5, 5.41) is 6.86. The van der Waals surface area contributed by atoms with Gasteiger partial charge in [-0.3, -0.25) is 14.0 Å². The second-order valence-electron chi connectivity index (χ2n) is 7.50. The molecule has 1 aliphatic heterocycles. The van der Waals surface area contributed by atoms with Crippen LogP contribution >= 0.6 is 0 Å². The van der Waals surface area contributed by atoms with E-state index in [2.05, 4.69) is 21.7 Å². The van der Waals surface area contributed by atoms with Gasteiger partial charge in [0.05, 0.1) is 6.54 Å². The van der Waals surface area contributed by atoms with Crippen molar-refractivity contribution in [2.75, 3.05) is 30.8 Å². The number of hydrogen-bond acceptors (Lipinski definition) is 3. The maximum atomic E-state index is 12.8. The number of fused-ring (bicyclic) bond motifs is 1. The maximum absolute atomic E-state index is 12.8. The van der Waals surface area contributed by atoms with Crippen molar-refractivity contribution in [3.63, 3.8) is 0 Å². The molecule has 2 aliphatic rings. The minimum atomic E-state index is -0.748. The smallest absolute Gasteiger partial charge is 0.246 e. The number of guanidine groups is 1. The van der Waals surface area contributed by atoms with E-state index in [9.17, 15) is 9.00 Å². The third kappa shape index (κ3) is 5.13. The molecule has 1 heterocycles. The van der Waals surface area contributed by atoms with Crippen molar-refractivity contribution in [3.8, 4) is 0 Å². The minimum absolute atomic E-state index is 0.0590. The quantitative estimate of drug-likeness (QED) is 0.583. The molecule has 3 atom stereocenters. The lowest BCUT2D eigenvalue weighted by atomic mass is 9.95. The average Bonchev–Trinajstić information content (AvgIpc) is 2.75. The van der Waals surface area contributed by atoms with Gasteiger partial charge in [0.1, 0.15) is 0 Å². The molecule has 154 valence electrons. The van der Waals surface area contributed by atoms with Crippen LogP contribution in [0.15, 0.2) is 29.3 Å². The van der Waals surface area contributed by atoms with Crippen molar-refractivity contribution in [1.29, 1.82) is 0 Å². The predicted molar refractivity (Wildman–Crippen MR) is 116 cm³/mol. The fourth-order valence-electron chi connectivity index (χ4n) is 4.19. The molecule has 1 aromatic rings. The molecule has 0 aromatic heterocycles. The number of carbonyl (C=O) groups is 1. The van der Waals surface area contributed by atoms with Gasteiger partial charge in [0.2, 0.25) is 5.91 Å². The van der Waals surface area contributed by atoms with Gasteiger partial charge >= 0.3 is 0 Å². The largest absolute Gasteiger partial charge is 0.354 e. The second kappa shape index (κ2) is 10.0. The van der Waals surface area contributed by atoms with Crippen LogP contribution in [0.3, 0.4) is 0 Å². The molecule has 2 N–H and O–H groups in total. The van der Waals surface area contributed by atoms with Gasteiger partial charge in [0.15, 0.2) is 5.96 Å². The summed E-state index contributed by atoms with van der Waals surface area (Å²) in [7, 11) is 0.975. The Kier molecular flexibility index (Phi) is 7.48. The Balaban J connectivity index is 1.53. The topological polar surface area (TPSA) is 73.8 Å². The number of carbonyl (C=O) groups excluding carboxylic acids is 1. The van der Waals surface area contributed by atoms with Crippen molar-refractivity contribution in [1.82, 2.24) is 10.6 Å². The molecule has 0 bridgehead atoms. The lowest BCUT2D eigenvalue weighted by Gasteiger charge is -2.31. The number of para-hydroxylation sites is 1. The van der Waals surface area contributed by atoms with Gasteiger partial charge < -0.3 is 15.5 Å². The first kappa shape index (κ1) is 20.8. The molecule has 3 unspecified atom stereocenters. The Morgan fingerprint density at radius 1 is 1.29 bits per heavy atom. The first-order valence-corrected chi connectivity index (χ1v) is 11.7. The van der Waals surface area contributed by atoms with Gasteiger partial charge in [-0.05, 0) is 43.7 Å². The van der Waals surface area contributed by atoms with Crippen LogP contribution in [0, 0.1) is 0 Å². The number of nitrogens with one attached hydrogen (secondary N) is 2. The number of nitrogens with zero attached hydrogens (tertiary/aromatic N) is 2. The van der Waals surface area contributed by atoms with Crippen LogP contribution in [-0.2, 0) is 22.0 Å². The van der Waals surface area contributed by atoms with Gasteiger partial charge in [-0.15, -0.1) is 0 Å². The Morgan fingerprint density at radius 3 is 2.89 bits per heavy atom. The zero-order valence-corrected chi connectivity index (χ0v) is 17.8. The van der Waals surface area contributed by atoms with E-state index >= 15 is 0 Å². The van der Waals surface area contributed by atoms with Crippen molar-refractivity contribution in [2.45, 2.75) is 56.7 Å².